The third-order valence-corrected chi connectivity index (χ3v) is 5.49. The highest BCUT2D eigenvalue weighted by Gasteiger charge is 2.23. The highest BCUT2D eigenvalue weighted by molar-refractivity contribution is 5.90. The van der Waals surface area contributed by atoms with Gasteiger partial charge >= 0.3 is 0 Å². The van der Waals surface area contributed by atoms with Crippen molar-refractivity contribution in [3.8, 4) is 11.4 Å². The molecule has 1 atom stereocenters. The van der Waals surface area contributed by atoms with Gasteiger partial charge in [-0.1, -0.05) is 42.5 Å². The number of likely N-dealkylation sites (tertiary alicyclic amines) is 1. The minimum absolute atomic E-state index is 0.00375. The number of piperidine rings is 1. The zero-order chi connectivity index (χ0) is 20.1. The third-order valence-electron chi connectivity index (χ3n) is 5.49. The number of carbonyl (C=O) groups is 1. The van der Waals surface area contributed by atoms with Crippen LogP contribution in [0.1, 0.15) is 19.3 Å². The van der Waals surface area contributed by atoms with Crippen LogP contribution < -0.4 is 11.1 Å². The molecule has 6 nitrogen and oxygen atoms in total. The van der Waals surface area contributed by atoms with E-state index in [1.54, 1.807) is 0 Å². The highest BCUT2D eigenvalue weighted by atomic mass is 16.1. The molecule has 150 valence electrons. The van der Waals surface area contributed by atoms with E-state index in [0.717, 1.165) is 73.6 Å². The Morgan fingerprint density at radius 1 is 1.10 bits per heavy atom. The molecule has 1 unspecified atom stereocenters. The van der Waals surface area contributed by atoms with Crippen LogP contribution in [0.25, 0.3) is 22.3 Å². The van der Waals surface area contributed by atoms with Crippen molar-refractivity contribution < 1.29 is 4.79 Å². The molecule has 1 saturated heterocycles. The molecular weight excluding hydrogens is 362 g/mol. The second kappa shape index (κ2) is 9.01. The molecule has 0 bridgehead atoms. The molecule has 1 aliphatic rings. The van der Waals surface area contributed by atoms with Crippen LogP contribution in [0.2, 0.25) is 0 Å². The van der Waals surface area contributed by atoms with Crippen LogP contribution in [-0.4, -0.2) is 47.0 Å². The molecule has 0 saturated carbocycles. The number of hydrogen-bond acceptors (Lipinski definition) is 5. The van der Waals surface area contributed by atoms with E-state index in [0.29, 0.717) is 0 Å². The summed E-state index contributed by atoms with van der Waals surface area (Å²) in [6, 6.07) is 18.1. The van der Waals surface area contributed by atoms with Gasteiger partial charge < -0.3 is 16.0 Å². The van der Waals surface area contributed by atoms with Gasteiger partial charge in [-0.2, -0.15) is 0 Å². The zero-order valence-electron chi connectivity index (χ0n) is 16.6. The molecule has 4 rings (SSSR count). The molecule has 3 aromatic rings. The van der Waals surface area contributed by atoms with E-state index in [9.17, 15) is 4.79 Å². The Kier molecular flexibility index (Phi) is 6.00. The molecule has 0 radical (unpaired) electrons. The van der Waals surface area contributed by atoms with Gasteiger partial charge in [0, 0.05) is 24.0 Å². The second-order valence-corrected chi connectivity index (χ2v) is 7.60. The van der Waals surface area contributed by atoms with Crippen LogP contribution in [0.4, 0.5) is 5.82 Å². The number of primary amides is 1. The van der Waals surface area contributed by atoms with Crippen molar-refractivity contribution in [2.24, 2.45) is 11.7 Å². The van der Waals surface area contributed by atoms with Crippen molar-refractivity contribution >= 4 is 22.6 Å². The smallest absolute Gasteiger partial charge is 0.221 e. The standard InChI is InChI=1S/C23H27N5O/c24-21(29)18-10-6-14-28(16-18)15-7-13-25-23-19-11-4-5-12-20(19)26-22(27-23)17-8-2-1-3-9-17/h1-5,8-9,11-12,18H,6-7,10,13-16H2,(H2,24,29)(H,25,26,27). The number of hydrogen-bond donors (Lipinski definition) is 2. The summed E-state index contributed by atoms with van der Waals surface area (Å²) in [5.41, 5.74) is 7.42. The number of anilines is 1. The van der Waals surface area contributed by atoms with Crippen LogP contribution in [0.5, 0.6) is 0 Å². The molecular formula is C23H27N5O. The number of rotatable bonds is 7. The van der Waals surface area contributed by atoms with Crippen molar-refractivity contribution in [1.29, 1.82) is 0 Å². The Hall–Kier alpha value is -2.99. The average Bonchev–Trinajstić information content (AvgIpc) is 2.77. The molecule has 2 aromatic carbocycles. The van der Waals surface area contributed by atoms with E-state index in [2.05, 4.69) is 16.3 Å². The van der Waals surface area contributed by atoms with E-state index < -0.39 is 0 Å². The summed E-state index contributed by atoms with van der Waals surface area (Å²) in [4.78, 5) is 23.3. The van der Waals surface area contributed by atoms with Crippen molar-refractivity contribution in [2.75, 3.05) is 31.5 Å². The number of fused-ring (bicyclic) bond motifs is 1. The molecule has 1 aromatic heterocycles. The minimum atomic E-state index is -0.172. The summed E-state index contributed by atoms with van der Waals surface area (Å²) in [7, 11) is 0. The van der Waals surface area contributed by atoms with Gasteiger partial charge in [-0.15, -0.1) is 0 Å². The largest absolute Gasteiger partial charge is 0.369 e. The van der Waals surface area contributed by atoms with Crippen molar-refractivity contribution in [3.63, 3.8) is 0 Å². The van der Waals surface area contributed by atoms with E-state index >= 15 is 0 Å². The minimum Gasteiger partial charge on any atom is -0.369 e. The first-order chi connectivity index (χ1) is 14.2. The molecule has 0 spiro atoms. The number of nitrogens with two attached hydrogens (primary N) is 1. The lowest BCUT2D eigenvalue weighted by atomic mass is 9.97. The van der Waals surface area contributed by atoms with Crippen LogP contribution >= 0.6 is 0 Å². The summed E-state index contributed by atoms with van der Waals surface area (Å²) in [6.07, 6.45) is 2.93. The van der Waals surface area contributed by atoms with Crippen LogP contribution in [0, 0.1) is 5.92 Å². The van der Waals surface area contributed by atoms with Gasteiger partial charge in [0.2, 0.25) is 5.91 Å². The number of aromatic nitrogens is 2. The Morgan fingerprint density at radius 3 is 2.72 bits per heavy atom. The van der Waals surface area contributed by atoms with Gasteiger partial charge in [-0.25, -0.2) is 9.97 Å². The molecule has 6 heteroatoms. The van der Waals surface area contributed by atoms with Crippen LogP contribution in [-0.2, 0) is 4.79 Å². The average molecular weight is 390 g/mol. The summed E-state index contributed by atoms with van der Waals surface area (Å²) in [6.45, 7) is 3.58. The van der Waals surface area contributed by atoms with E-state index in [4.69, 9.17) is 15.7 Å². The third kappa shape index (κ3) is 4.71. The predicted molar refractivity (Wildman–Crippen MR) is 116 cm³/mol. The number of amides is 1. The lowest BCUT2D eigenvalue weighted by molar-refractivity contribution is -0.123. The zero-order valence-corrected chi connectivity index (χ0v) is 16.6. The Balaban J connectivity index is 1.43. The molecule has 1 fully saturated rings. The maximum Gasteiger partial charge on any atom is 0.221 e. The molecule has 3 N–H and O–H groups in total. The Bertz CT molecular complexity index is 975. The molecule has 1 aliphatic heterocycles. The highest BCUT2D eigenvalue weighted by Crippen LogP contribution is 2.24. The van der Waals surface area contributed by atoms with Crippen molar-refractivity contribution in [1.82, 2.24) is 14.9 Å². The maximum absolute atomic E-state index is 11.5. The maximum atomic E-state index is 11.5. The summed E-state index contributed by atoms with van der Waals surface area (Å²) >= 11 is 0. The fourth-order valence-electron chi connectivity index (χ4n) is 3.93. The van der Waals surface area contributed by atoms with Gasteiger partial charge in [0.25, 0.3) is 0 Å². The normalized spacial score (nSPS) is 17.3. The fraction of sp³-hybridized carbons (Fsp3) is 0.348. The second-order valence-electron chi connectivity index (χ2n) is 7.60. The number of para-hydroxylation sites is 1. The summed E-state index contributed by atoms with van der Waals surface area (Å²) in [5, 5.41) is 4.53. The quantitative estimate of drug-likeness (QED) is 0.606. The van der Waals surface area contributed by atoms with Gasteiger partial charge in [-0.05, 0) is 44.5 Å². The van der Waals surface area contributed by atoms with E-state index in [1.165, 1.54) is 0 Å². The first kappa shape index (κ1) is 19.3. The SMILES string of the molecule is NC(=O)C1CCCN(CCCNc2nc(-c3ccccc3)nc3ccccc23)C1. The van der Waals surface area contributed by atoms with Crippen molar-refractivity contribution in [2.45, 2.75) is 19.3 Å². The van der Waals surface area contributed by atoms with Gasteiger partial charge in [0.15, 0.2) is 5.82 Å². The topological polar surface area (TPSA) is 84.1 Å². The van der Waals surface area contributed by atoms with Gasteiger partial charge in [0.1, 0.15) is 5.82 Å². The van der Waals surface area contributed by atoms with Crippen molar-refractivity contribution in [3.05, 3.63) is 54.6 Å². The summed E-state index contributed by atoms with van der Waals surface area (Å²) < 4.78 is 0. The fourth-order valence-corrected chi connectivity index (χ4v) is 3.93. The monoisotopic (exact) mass is 389 g/mol. The Morgan fingerprint density at radius 2 is 1.90 bits per heavy atom. The van der Waals surface area contributed by atoms with Gasteiger partial charge in [-0.3, -0.25) is 4.79 Å². The Labute approximate surface area is 171 Å². The lowest BCUT2D eigenvalue weighted by Gasteiger charge is -2.31. The number of nitrogens with one attached hydrogen (secondary N) is 1. The first-order valence-corrected chi connectivity index (χ1v) is 10.3. The molecule has 0 aliphatic carbocycles. The molecule has 29 heavy (non-hydrogen) atoms. The number of nitrogens with zero attached hydrogens (tertiary/aromatic N) is 3. The molecule has 2 heterocycles. The number of benzene rings is 2. The first-order valence-electron chi connectivity index (χ1n) is 10.3. The van der Waals surface area contributed by atoms with Gasteiger partial charge in [0.05, 0.1) is 11.4 Å². The van der Waals surface area contributed by atoms with Crippen LogP contribution in [0.3, 0.4) is 0 Å². The summed E-state index contributed by atoms with van der Waals surface area (Å²) in [5.74, 6) is 1.42. The van der Waals surface area contributed by atoms with E-state index in [1.807, 2.05) is 48.5 Å². The molecule has 1 amide bonds. The van der Waals surface area contributed by atoms with Crippen LogP contribution in [0.15, 0.2) is 54.6 Å². The van der Waals surface area contributed by atoms with E-state index in [-0.39, 0.29) is 11.8 Å². The predicted octanol–water partition coefficient (Wildman–Crippen LogP) is 3.30. The lowest BCUT2D eigenvalue weighted by Crippen LogP contribution is -2.41. The number of carbonyl (C=O) groups excluding carboxylic acids is 1.